The fourth-order valence-electron chi connectivity index (χ4n) is 3.56. The molecular weight excluding hydrogens is 550 g/mol. The van der Waals surface area contributed by atoms with E-state index in [1.54, 1.807) is 13.3 Å². The number of nitrogens with one attached hydrogen (secondary N) is 1. The third-order valence-electron chi connectivity index (χ3n) is 5.75. The maximum atomic E-state index is 12.3. The minimum absolute atomic E-state index is 0.113. The van der Waals surface area contributed by atoms with Crippen LogP contribution in [-0.4, -0.2) is 30.0 Å². The molecule has 4 aromatic rings. The zero-order valence-electron chi connectivity index (χ0n) is 22.2. The number of benzene rings is 3. The van der Waals surface area contributed by atoms with Crippen molar-refractivity contribution in [2.75, 3.05) is 12.9 Å². The molecule has 0 aliphatic heterocycles. The quantitative estimate of drug-likeness (QED) is 0.119. The van der Waals surface area contributed by atoms with Gasteiger partial charge in [0.05, 0.1) is 24.8 Å². The summed E-state index contributed by atoms with van der Waals surface area (Å²) in [6.45, 7) is 7.02. The van der Waals surface area contributed by atoms with E-state index >= 15 is 0 Å². The third-order valence-corrected chi connectivity index (χ3v) is 8.03. The Morgan fingerprint density at radius 3 is 2.51 bits per heavy atom. The summed E-state index contributed by atoms with van der Waals surface area (Å²) in [6.07, 6.45) is 1.57. The second kappa shape index (κ2) is 13.2. The van der Waals surface area contributed by atoms with Crippen LogP contribution in [0.15, 0.2) is 81.6 Å². The number of thiazole rings is 1. The van der Waals surface area contributed by atoms with E-state index in [0.29, 0.717) is 23.1 Å². The summed E-state index contributed by atoms with van der Waals surface area (Å²) in [5, 5.41) is 6.72. The Kier molecular flexibility index (Phi) is 9.67. The van der Waals surface area contributed by atoms with Crippen molar-refractivity contribution >= 4 is 46.8 Å². The average molecular weight is 580 g/mol. The Bertz CT molecular complexity index is 1430. The molecule has 1 heterocycles. The largest absolute Gasteiger partial charge is 0.493 e. The van der Waals surface area contributed by atoms with E-state index < -0.39 is 0 Å². The molecule has 0 atom stereocenters. The molecular formula is C30H30ClN3O3S2. The van der Waals surface area contributed by atoms with Crippen LogP contribution in [0.2, 0.25) is 5.02 Å². The number of aromatic nitrogens is 1. The molecule has 39 heavy (non-hydrogen) atoms. The van der Waals surface area contributed by atoms with Gasteiger partial charge in [0.1, 0.15) is 6.61 Å². The highest BCUT2D eigenvalue weighted by Gasteiger charge is 2.13. The normalized spacial score (nSPS) is 11.5. The number of ether oxygens (including phenoxy) is 2. The second-order valence-corrected chi connectivity index (χ2v) is 12.3. The molecule has 1 aromatic heterocycles. The summed E-state index contributed by atoms with van der Waals surface area (Å²) in [5.74, 6) is 1.21. The highest BCUT2D eigenvalue weighted by molar-refractivity contribution is 8.01. The third kappa shape index (κ3) is 8.33. The van der Waals surface area contributed by atoms with Crippen molar-refractivity contribution in [3.63, 3.8) is 0 Å². The van der Waals surface area contributed by atoms with Gasteiger partial charge in [0, 0.05) is 16.0 Å². The van der Waals surface area contributed by atoms with Crippen LogP contribution in [0, 0.1) is 0 Å². The van der Waals surface area contributed by atoms with Gasteiger partial charge < -0.3 is 9.47 Å². The number of thioether (sulfide) groups is 1. The lowest BCUT2D eigenvalue weighted by molar-refractivity contribution is -0.118. The van der Waals surface area contributed by atoms with Gasteiger partial charge in [-0.05, 0) is 52.4 Å². The molecule has 6 nitrogen and oxygen atoms in total. The van der Waals surface area contributed by atoms with E-state index in [-0.39, 0.29) is 17.1 Å². The van der Waals surface area contributed by atoms with E-state index in [1.165, 1.54) is 28.7 Å². The fraction of sp³-hybridized carbons (Fsp3) is 0.233. The summed E-state index contributed by atoms with van der Waals surface area (Å²) in [7, 11) is 1.59. The monoisotopic (exact) mass is 579 g/mol. The molecule has 202 valence electrons. The van der Waals surface area contributed by atoms with Crippen LogP contribution in [0.1, 0.15) is 37.5 Å². The molecule has 0 bridgehead atoms. The van der Waals surface area contributed by atoms with Crippen molar-refractivity contribution in [2.45, 2.75) is 37.1 Å². The van der Waals surface area contributed by atoms with Crippen molar-refractivity contribution in [1.82, 2.24) is 10.4 Å². The number of hydrazone groups is 1. The maximum Gasteiger partial charge on any atom is 0.250 e. The molecule has 0 radical (unpaired) electrons. The van der Waals surface area contributed by atoms with Gasteiger partial charge in [-0.15, -0.1) is 11.3 Å². The van der Waals surface area contributed by atoms with Gasteiger partial charge in [-0.25, -0.2) is 10.4 Å². The van der Waals surface area contributed by atoms with Crippen LogP contribution < -0.4 is 14.9 Å². The Hall–Kier alpha value is -3.33. The lowest BCUT2D eigenvalue weighted by Gasteiger charge is -2.19. The maximum absolute atomic E-state index is 12.3. The zero-order chi connectivity index (χ0) is 27.8. The molecule has 1 N–H and O–H groups in total. The van der Waals surface area contributed by atoms with Crippen molar-refractivity contribution < 1.29 is 14.3 Å². The smallest absolute Gasteiger partial charge is 0.250 e. The Balaban J connectivity index is 1.26. The first-order valence-corrected chi connectivity index (χ1v) is 14.5. The van der Waals surface area contributed by atoms with E-state index in [0.717, 1.165) is 26.7 Å². The van der Waals surface area contributed by atoms with Crippen LogP contribution in [-0.2, 0) is 16.8 Å². The predicted octanol–water partition coefficient (Wildman–Crippen LogP) is 7.59. The first kappa shape index (κ1) is 28.7. The van der Waals surface area contributed by atoms with Gasteiger partial charge in [-0.2, -0.15) is 5.10 Å². The fourth-order valence-corrected chi connectivity index (χ4v) is 5.31. The highest BCUT2D eigenvalue weighted by atomic mass is 35.5. The molecule has 0 aliphatic carbocycles. The molecule has 0 saturated heterocycles. The molecule has 9 heteroatoms. The molecule has 3 aromatic carbocycles. The summed E-state index contributed by atoms with van der Waals surface area (Å²) in [5.41, 5.74) is 7.65. The highest BCUT2D eigenvalue weighted by Crippen LogP contribution is 2.30. The number of carbonyl (C=O) groups excluding carboxylic acids is 1. The van der Waals surface area contributed by atoms with Gasteiger partial charge in [0.15, 0.2) is 15.8 Å². The summed E-state index contributed by atoms with van der Waals surface area (Å²) in [6, 6.07) is 21.5. The Labute approximate surface area is 242 Å². The number of rotatable bonds is 10. The molecule has 0 spiro atoms. The standard InChI is InChI=1S/C30H30ClN3O3S2/c1-30(2,3)23-10-5-20(6-11-23)17-37-26-14-7-21(15-27(26)36-4)16-32-34-28(35)19-39-29-33-25(18-38-29)22-8-12-24(31)13-9-22/h5-16,18H,17,19H2,1-4H3,(H,34,35)/b32-16+. The second-order valence-electron chi connectivity index (χ2n) is 9.73. The number of methoxy groups -OCH3 is 1. The molecule has 0 unspecified atom stereocenters. The van der Waals surface area contributed by atoms with Crippen LogP contribution in [0.5, 0.6) is 11.5 Å². The van der Waals surface area contributed by atoms with Gasteiger partial charge in [0.2, 0.25) is 0 Å². The number of hydrogen-bond acceptors (Lipinski definition) is 7. The van der Waals surface area contributed by atoms with Gasteiger partial charge in [0.25, 0.3) is 5.91 Å². The van der Waals surface area contributed by atoms with Crippen LogP contribution >= 0.6 is 34.7 Å². The summed E-state index contributed by atoms with van der Waals surface area (Å²) >= 11 is 8.81. The molecule has 0 aliphatic rings. The van der Waals surface area contributed by atoms with Gasteiger partial charge in [-0.3, -0.25) is 4.79 Å². The van der Waals surface area contributed by atoms with Crippen molar-refractivity contribution in [1.29, 1.82) is 0 Å². The number of nitrogens with zero attached hydrogens (tertiary/aromatic N) is 2. The summed E-state index contributed by atoms with van der Waals surface area (Å²) in [4.78, 5) is 16.8. The Morgan fingerprint density at radius 1 is 1.08 bits per heavy atom. The number of carbonyl (C=O) groups is 1. The van der Waals surface area contributed by atoms with E-state index in [4.69, 9.17) is 21.1 Å². The molecule has 4 rings (SSSR count). The average Bonchev–Trinajstić information content (AvgIpc) is 3.40. The lowest BCUT2D eigenvalue weighted by atomic mass is 9.87. The first-order chi connectivity index (χ1) is 18.7. The van der Waals surface area contributed by atoms with Crippen molar-refractivity contribution in [3.8, 4) is 22.8 Å². The Morgan fingerprint density at radius 2 is 1.82 bits per heavy atom. The van der Waals surface area contributed by atoms with Crippen LogP contribution in [0.3, 0.4) is 0 Å². The zero-order valence-corrected chi connectivity index (χ0v) is 24.6. The number of hydrogen-bond donors (Lipinski definition) is 1. The molecule has 1 amide bonds. The number of halogens is 1. The van der Waals surface area contributed by atoms with Crippen LogP contribution in [0.4, 0.5) is 0 Å². The van der Waals surface area contributed by atoms with Gasteiger partial charge in [-0.1, -0.05) is 80.5 Å². The van der Waals surface area contributed by atoms with Crippen molar-refractivity contribution in [2.24, 2.45) is 5.10 Å². The van der Waals surface area contributed by atoms with Crippen molar-refractivity contribution in [3.05, 3.63) is 93.8 Å². The topological polar surface area (TPSA) is 72.8 Å². The minimum Gasteiger partial charge on any atom is -0.493 e. The van der Waals surface area contributed by atoms with E-state index in [2.05, 4.69) is 60.5 Å². The van der Waals surface area contributed by atoms with Crippen LogP contribution in [0.25, 0.3) is 11.3 Å². The first-order valence-electron chi connectivity index (χ1n) is 12.3. The van der Waals surface area contributed by atoms with E-state index in [1.807, 2.05) is 47.8 Å². The van der Waals surface area contributed by atoms with Gasteiger partial charge >= 0.3 is 0 Å². The lowest BCUT2D eigenvalue weighted by Crippen LogP contribution is -2.19. The summed E-state index contributed by atoms with van der Waals surface area (Å²) < 4.78 is 12.3. The molecule has 0 saturated carbocycles. The SMILES string of the molecule is COc1cc(/C=N/NC(=O)CSc2nc(-c3ccc(Cl)cc3)cs2)ccc1OCc1ccc(C(C)(C)C)cc1. The minimum atomic E-state index is -0.219. The number of amides is 1. The molecule has 0 fully saturated rings. The predicted molar refractivity (Wildman–Crippen MR) is 161 cm³/mol. The van der Waals surface area contributed by atoms with E-state index in [9.17, 15) is 4.79 Å².